The summed E-state index contributed by atoms with van der Waals surface area (Å²) < 4.78 is 1.95. The Morgan fingerprint density at radius 3 is 2.62 bits per heavy atom. The van der Waals surface area contributed by atoms with Gasteiger partial charge in [0.25, 0.3) is 0 Å². The number of hydrogen-bond donors (Lipinski definition) is 1. The molecule has 1 amide bonds. The first-order valence-electron chi connectivity index (χ1n) is 8.83. The van der Waals surface area contributed by atoms with Gasteiger partial charge in [-0.2, -0.15) is 0 Å². The standard InChI is InChI=1S/C18H26ClN5O.ClH/c1-3-6-18(2,20)17(25)23-9-7-22(8-10-23)12-15-13-24-11-14(19)4-5-16(24)21-15;/h4-5,11,13H,3,6-10,12,20H2,1-2H3;1H. The molecule has 2 N–H and O–H groups in total. The Kier molecular flexibility index (Phi) is 6.91. The molecule has 0 aliphatic carbocycles. The zero-order valence-electron chi connectivity index (χ0n) is 15.3. The molecule has 8 heteroatoms. The SMILES string of the molecule is CCCC(C)(N)C(=O)N1CCN(Cc2cn3cc(Cl)ccc3n2)CC1.Cl. The summed E-state index contributed by atoms with van der Waals surface area (Å²) in [6, 6.07) is 3.76. The topological polar surface area (TPSA) is 66.9 Å². The summed E-state index contributed by atoms with van der Waals surface area (Å²) in [5.74, 6) is 0.0661. The van der Waals surface area contributed by atoms with Gasteiger partial charge in [-0.15, -0.1) is 12.4 Å². The molecule has 6 nitrogen and oxygen atoms in total. The van der Waals surface area contributed by atoms with E-state index in [4.69, 9.17) is 17.3 Å². The quantitative estimate of drug-likeness (QED) is 0.838. The molecule has 3 heterocycles. The number of pyridine rings is 1. The minimum atomic E-state index is -0.752. The number of aromatic nitrogens is 2. The fourth-order valence-corrected chi connectivity index (χ4v) is 3.59. The van der Waals surface area contributed by atoms with Crippen LogP contribution in [0.3, 0.4) is 0 Å². The lowest BCUT2D eigenvalue weighted by atomic mass is 9.95. The van der Waals surface area contributed by atoms with Crippen LogP contribution in [0.25, 0.3) is 5.65 Å². The van der Waals surface area contributed by atoms with Gasteiger partial charge < -0.3 is 15.0 Å². The van der Waals surface area contributed by atoms with Gasteiger partial charge in [-0.1, -0.05) is 24.9 Å². The molecule has 144 valence electrons. The van der Waals surface area contributed by atoms with Crippen molar-refractivity contribution in [1.29, 1.82) is 0 Å². The lowest BCUT2D eigenvalue weighted by Crippen LogP contribution is -2.58. The number of amides is 1. The summed E-state index contributed by atoms with van der Waals surface area (Å²) in [7, 11) is 0. The Hall–Kier alpha value is -1.34. The van der Waals surface area contributed by atoms with Crippen LogP contribution in [-0.2, 0) is 11.3 Å². The van der Waals surface area contributed by atoms with Crippen LogP contribution in [0.15, 0.2) is 24.5 Å². The molecule has 0 bridgehead atoms. The van der Waals surface area contributed by atoms with Crippen LogP contribution in [0.5, 0.6) is 0 Å². The smallest absolute Gasteiger partial charge is 0.242 e. The van der Waals surface area contributed by atoms with Gasteiger partial charge in [0.2, 0.25) is 5.91 Å². The maximum atomic E-state index is 12.6. The summed E-state index contributed by atoms with van der Waals surface area (Å²) >= 11 is 6.02. The molecule has 26 heavy (non-hydrogen) atoms. The Bertz CT molecular complexity index is 753. The van der Waals surface area contributed by atoms with E-state index in [-0.39, 0.29) is 18.3 Å². The van der Waals surface area contributed by atoms with Crippen molar-refractivity contribution in [2.75, 3.05) is 26.2 Å². The monoisotopic (exact) mass is 399 g/mol. The first kappa shape index (κ1) is 21.0. The number of piperazine rings is 1. The van der Waals surface area contributed by atoms with Crippen molar-refractivity contribution in [3.63, 3.8) is 0 Å². The van der Waals surface area contributed by atoms with Gasteiger partial charge >= 0.3 is 0 Å². The average Bonchev–Trinajstić information content (AvgIpc) is 2.96. The number of nitrogens with zero attached hydrogens (tertiary/aromatic N) is 4. The molecule has 0 spiro atoms. The van der Waals surface area contributed by atoms with Gasteiger partial charge in [0.05, 0.1) is 16.3 Å². The average molecular weight is 400 g/mol. The van der Waals surface area contributed by atoms with Gasteiger partial charge in [0, 0.05) is 45.1 Å². The fraction of sp³-hybridized carbons (Fsp3) is 0.556. The van der Waals surface area contributed by atoms with Crippen molar-refractivity contribution in [3.8, 4) is 0 Å². The maximum absolute atomic E-state index is 12.6. The molecule has 1 unspecified atom stereocenters. The van der Waals surface area contributed by atoms with Crippen LogP contribution in [0, 0.1) is 0 Å². The van der Waals surface area contributed by atoms with Crippen molar-refractivity contribution in [3.05, 3.63) is 35.2 Å². The van der Waals surface area contributed by atoms with E-state index in [9.17, 15) is 4.79 Å². The highest BCUT2D eigenvalue weighted by molar-refractivity contribution is 6.30. The third-order valence-corrected chi connectivity index (χ3v) is 4.99. The van der Waals surface area contributed by atoms with Gasteiger partial charge in [-0.05, 0) is 25.5 Å². The molecule has 3 rings (SSSR count). The Balaban J connectivity index is 0.00000243. The van der Waals surface area contributed by atoms with E-state index in [1.165, 1.54) is 0 Å². The summed E-state index contributed by atoms with van der Waals surface area (Å²) in [5, 5.41) is 0.695. The summed E-state index contributed by atoms with van der Waals surface area (Å²) in [4.78, 5) is 21.4. The van der Waals surface area contributed by atoms with Crippen LogP contribution in [0.2, 0.25) is 5.02 Å². The number of fused-ring (bicyclic) bond motifs is 1. The molecular weight excluding hydrogens is 373 g/mol. The maximum Gasteiger partial charge on any atom is 0.242 e. The molecule has 0 saturated carbocycles. The van der Waals surface area contributed by atoms with Gasteiger partial charge in [-0.3, -0.25) is 9.69 Å². The fourth-order valence-electron chi connectivity index (χ4n) is 3.42. The summed E-state index contributed by atoms with van der Waals surface area (Å²) in [6.45, 7) is 7.77. The Morgan fingerprint density at radius 2 is 1.96 bits per heavy atom. The van der Waals surface area contributed by atoms with Crippen molar-refractivity contribution in [2.24, 2.45) is 5.73 Å². The summed E-state index contributed by atoms with van der Waals surface area (Å²) in [6.07, 6.45) is 5.50. The van der Waals surface area contributed by atoms with Crippen LogP contribution >= 0.6 is 24.0 Å². The van der Waals surface area contributed by atoms with E-state index in [1.54, 1.807) is 0 Å². The Morgan fingerprint density at radius 1 is 1.27 bits per heavy atom. The van der Waals surface area contributed by atoms with Crippen LogP contribution in [0.1, 0.15) is 32.4 Å². The first-order chi connectivity index (χ1) is 11.9. The van der Waals surface area contributed by atoms with E-state index >= 15 is 0 Å². The molecule has 2 aromatic heterocycles. The molecular formula is C18H27Cl2N5O. The lowest BCUT2D eigenvalue weighted by molar-refractivity contribution is -0.138. The van der Waals surface area contributed by atoms with Crippen molar-refractivity contribution < 1.29 is 4.79 Å². The van der Waals surface area contributed by atoms with Gasteiger partial charge in [0.1, 0.15) is 5.65 Å². The van der Waals surface area contributed by atoms with E-state index in [0.29, 0.717) is 18.1 Å². The normalized spacial score (nSPS) is 17.8. The molecule has 0 radical (unpaired) electrons. The molecule has 1 atom stereocenters. The second kappa shape index (κ2) is 8.57. The van der Waals surface area contributed by atoms with Crippen molar-refractivity contribution >= 4 is 35.6 Å². The zero-order valence-corrected chi connectivity index (χ0v) is 16.9. The number of halogens is 2. The number of hydrogen-bond acceptors (Lipinski definition) is 4. The van der Waals surface area contributed by atoms with Crippen LogP contribution in [-0.4, -0.2) is 56.8 Å². The molecule has 1 saturated heterocycles. The highest BCUT2D eigenvalue weighted by Crippen LogP contribution is 2.17. The predicted octanol–water partition coefficient (Wildman–Crippen LogP) is 2.57. The van der Waals surface area contributed by atoms with Gasteiger partial charge in [0.15, 0.2) is 0 Å². The minimum Gasteiger partial charge on any atom is -0.339 e. The molecule has 0 aromatic carbocycles. The number of carbonyl (C=O) groups excluding carboxylic acids is 1. The van der Waals surface area contributed by atoms with Crippen molar-refractivity contribution in [1.82, 2.24) is 19.2 Å². The van der Waals surface area contributed by atoms with E-state index in [2.05, 4.69) is 16.8 Å². The van der Waals surface area contributed by atoms with E-state index in [0.717, 1.165) is 43.8 Å². The lowest BCUT2D eigenvalue weighted by Gasteiger charge is -2.38. The van der Waals surface area contributed by atoms with E-state index < -0.39 is 5.54 Å². The Labute approximate surface area is 165 Å². The van der Waals surface area contributed by atoms with Crippen LogP contribution < -0.4 is 5.73 Å². The second-order valence-electron chi connectivity index (χ2n) is 7.08. The first-order valence-corrected chi connectivity index (χ1v) is 9.20. The van der Waals surface area contributed by atoms with Crippen LogP contribution in [0.4, 0.5) is 0 Å². The highest BCUT2D eigenvalue weighted by Gasteiger charge is 2.33. The highest BCUT2D eigenvalue weighted by atomic mass is 35.5. The molecule has 1 fully saturated rings. The summed E-state index contributed by atoms with van der Waals surface area (Å²) in [5.41, 5.74) is 7.34. The molecule has 1 aliphatic rings. The number of imidazole rings is 1. The van der Waals surface area contributed by atoms with Crippen molar-refractivity contribution in [2.45, 2.75) is 38.8 Å². The third kappa shape index (κ3) is 4.68. The minimum absolute atomic E-state index is 0. The number of nitrogens with two attached hydrogens (primary N) is 1. The number of rotatable bonds is 5. The zero-order chi connectivity index (χ0) is 18.0. The number of carbonyl (C=O) groups is 1. The van der Waals surface area contributed by atoms with E-state index in [1.807, 2.05) is 40.8 Å². The largest absolute Gasteiger partial charge is 0.339 e. The third-order valence-electron chi connectivity index (χ3n) is 4.77. The molecule has 1 aliphatic heterocycles. The predicted molar refractivity (Wildman–Crippen MR) is 107 cm³/mol. The van der Waals surface area contributed by atoms with Gasteiger partial charge in [-0.25, -0.2) is 4.98 Å². The molecule has 2 aromatic rings. The second-order valence-corrected chi connectivity index (χ2v) is 7.52.